The standard InChI is InChI=1S/C14H20Cl2N2O/c1-9(17)4-7-14(19)18(3)10(2)12-6-5-11(15)8-13(12)16/h5-6,8-10H,4,7,17H2,1-3H3. The second-order valence-corrected chi connectivity index (χ2v) is 5.71. The van der Waals surface area contributed by atoms with E-state index in [1.54, 1.807) is 24.1 Å². The van der Waals surface area contributed by atoms with Crippen LogP contribution in [0.1, 0.15) is 38.3 Å². The van der Waals surface area contributed by atoms with Crippen LogP contribution in [0, 0.1) is 0 Å². The molecule has 3 nitrogen and oxygen atoms in total. The molecule has 2 atom stereocenters. The van der Waals surface area contributed by atoms with Crippen molar-refractivity contribution >= 4 is 29.1 Å². The highest BCUT2D eigenvalue weighted by Gasteiger charge is 2.19. The van der Waals surface area contributed by atoms with Crippen molar-refractivity contribution in [3.05, 3.63) is 33.8 Å². The zero-order chi connectivity index (χ0) is 14.6. The monoisotopic (exact) mass is 302 g/mol. The molecule has 0 radical (unpaired) electrons. The fourth-order valence-electron chi connectivity index (χ4n) is 1.79. The number of halogens is 2. The topological polar surface area (TPSA) is 46.3 Å². The normalized spacial score (nSPS) is 14.0. The fourth-order valence-corrected chi connectivity index (χ4v) is 2.36. The van der Waals surface area contributed by atoms with Gasteiger partial charge in [-0.2, -0.15) is 0 Å². The van der Waals surface area contributed by atoms with Gasteiger partial charge in [-0.3, -0.25) is 4.79 Å². The van der Waals surface area contributed by atoms with Crippen LogP contribution in [0.3, 0.4) is 0 Å². The Hall–Kier alpha value is -0.770. The Morgan fingerprint density at radius 3 is 2.53 bits per heavy atom. The summed E-state index contributed by atoms with van der Waals surface area (Å²) in [7, 11) is 1.78. The maximum absolute atomic E-state index is 12.0. The summed E-state index contributed by atoms with van der Waals surface area (Å²) in [4.78, 5) is 13.7. The van der Waals surface area contributed by atoms with Gasteiger partial charge in [-0.1, -0.05) is 29.3 Å². The second kappa shape index (κ2) is 7.13. The zero-order valence-corrected chi connectivity index (χ0v) is 13.0. The van der Waals surface area contributed by atoms with Crippen molar-refractivity contribution in [2.75, 3.05) is 7.05 Å². The molecule has 0 aliphatic carbocycles. The summed E-state index contributed by atoms with van der Waals surface area (Å²) in [5.41, 5.74) is 6.55. The summed E-state index contributed by atoms with van der Waals surface area (Å²) in [5, 5.41) is 1.17. The highest BCUT2D eigenvalue weighted by Crippen LogP contribution is 2.29. The molecule has 0 aliphatic rings. The molecule has 1 rings (SSSR count). The molecule has 1 aromatic carbocycles. The average molecular weight is 303 g/mol. The van der Waals surface area contributed by atoms with Gasteiger partial charge in [0, 0.05) is 29.6 Å². The minimum Gasteiger partial charge on any atom is -0.339 e. The van der Waals surface area contributed by atoms with E-state index in [9.17, 15) is 4.79 Å². The van der Waals surface area contributed by atoms with E-state index in [0.717, 1.165) is 5.56 Å². The van der Waals surface area contributed by atoms with E-state index in [1.807, 2.05) is 19.9 Å². The minimum absolute atomic E-state index is 0.0341. The smallest absolute Gasteiger partial charge is 0.222 e. The van der Waals surface area contributed by atoms with Crippen LogP contribution in [0.5, 0.6) is 0 Å². The van der Waals surface area contributed by atoms with Crippen LogP contribution in [-0.4, -0.2) is 23.9 Å². The SMILES string of the molecule is CC(N)CCC(=O)N(C)C(C)c1ccc(Cl)cc1Cl. The molecular weight excluding hydrogens is 283 g/mol. The van der Waals surface area contributed by atoms with Crippen LogP contribution in [0.2, 0.25) is 10.0 Å². The van der Waals surface area contributed by atoms with Crippen LogP contribution in [0.25, 0.3) is 0 Å². The number of carbonyl (C=O) groups is 1. The van der Waals surface area contributed by atoms with Gasteiger partial charge in [-0.25, -0.2) is 0 Å². The number of amides is 1. The molecule has 0 fully saturated rings. The molecule has 106 valence electrons. The Morgan fingerprint density at radius 1 is 1.37 bits per heavy atom. The summed E-state index contributed by atoms with van der Waals surface area (Å²) >= 11 is 12.0. The molecule has 0 heterocycles. The second-order valence-electron chi connectivity index (χ2n) is 4.86. The van der Waals surface area contributed by atoms with Gasteiger partial charge >= 0.3 is 0 Å². The molecule has 0 bridgehead atoms. The quantitative estimate of drug-likeness (QED) is 0.902. The summed E-state index contributed by atoms with van der Waals surface area (Å²) in [6, 6.07) is 5.26. The maximum atomic E-state index is 12.0. The third kappa shape index (κ3) is 4.68. The first-order chi connectivity index (χ1) is 8.82. The lowest BCUT2D eigenvalue weighted by Crippen LogP contribution is -2.31. The molecular formula is C14H20Cl2N2O. The van der Waals surface area contributed by atoms with Crippen LogP contribution in [-0.2, 0) is 4.79 Å². The van der Waals surface area contributed by atoms with Gasteiger partial charge in [-0.05, 0) is 38.0 Å². The summed E-state index contributed by atoms with van der Waals surface area (Å²) < 4.78 is 0. The van der Waals surface area contributed by atoms with Crippen LogP contribution >= 0.6 is 23.2 Å². The summed E-state index contributed by atoms with van der Waals surface area (Å²) in [6.45, 7) is 3.84. The number of hydrogen-bond acceptors (Lipinski definition) is 2. The van der Waals surface area contributed by atoms with E-state index in [1.165, 1.54) is 0 Å². The number of benzene rings is 1. The highest BCUT2D eigenvalue weighted by atomic mass is 35.5. The molecule has 2 N–H and O–H groups in total. The first-order valence-electron chi connectivity index (χ1n) is 6.29. The van der Waals surface area contributed by atoms with Gasteiger partial charge in [0.1, 0.15) is 0 Å². The Labute approximate surface area is 124 Å². The highest BCUT2D eigenvalue weighted by molar-refractivity contribution is 6.35. The lowest BCUT2D eigenvalue weighted by atomic mass is 10.1. The van der Waals surface area contributed by atoms with Crippen molar-refractivity contribution < 1.29 is 4.79 Å². The first kappa shape index (κ1) is 16.3. The van der Waals surface area contributed by atoms with Crippen molar-refractivity contribution in [2.45, 2.75) is 38.8 Å². The Kier molecular flexibility index (Phi) is 6.11. The van der Waals surface area contributed by atoms with E-state index < -0.39 is 0 Å². The lowest BCUT2D eigenvalue weighted by Gasteiger charge is -2.26. The Balaban J connectivity index is 2.75. The van der Waals surface area contributed by atoms with Gasteiger partial charge in [0.15, 0.2) is 0 Å². The van der Waals surface area contributed by atoms with Gasteiger partial charge in [0.2, 0.25) is 5.91 Å². The van der Waals surface area contributed by atoms with Crippen molar-refractivity contribution in [3.63, 3.8) is 0 Å². The summed E-state index contributed by atoms with van der Waals surface area (Å²) in [5.74, 6) is 0.0656. The predicted molar refractivity (Wildman–Crippen MR) is 80.5 cm³/mol. The number of rotatable bonds is 5. The first-order valence-corrected chi connectivity index (χ1v) is 7.04. The molecule has 5 heteroatoms. The van der Waals surface area contributed by atoms with Crippen LogP contribution < -0.4 is 5.73 Å². The van der Waals surface area contributed by atoms with Crippen molar-refractivity contribution in [1.82, 2.24) is 4.90 Å². The maximum Gasteiger partial charge on any atom is 0.222 e. The predicted octanol–water partition coefficient (Wildman–Crippen LogP) is 3.64. The number of nitrogens with two attached hydrogens (primary N) is 1. The Bertz CT molecular complexity index is 449. The fraction of sp³-hybridized carbons (Fsp3) is 0.500. The average Bonchev–Trinajstić information content (AvgIpc) is 2.34. The largest absolute Gasteiger partial charge is 0.339 e. The number of nitrogens with zero attached hydrogens (tertiary/aromatic N) is 1. The van der Waals surface area contributed by atoms with Crippen LogP contribution in [0.15, 0.2) is 18.2 Å². The van der Waals surface area contributed by atoms with E-state index >= 15 is 0 Å². The van der Waals surface area contributed by atoms with Gasteiger partial charge in [-0.15, -0.1) is 0 Å². The van der Waals surface area contributed by atoms with Crippen molar-refractivity contribution in [2.24, 2.45) is 5.73 Å². The van der Waals surface area contributed by atoms with E-state index in [4.69, 9.17) is 28.9 Å². The molecule has 2 unspecified atom stereocenters. The van der Waals surface area contributed by atoms with Crippen molar-refractivity contribution in [1.29, 1.82) is 0 Å². The molecule has 0 aromatic heterocycles. The Morgan fingerprint density at radius 2 is 2.00 bits per heavy atom. The summed E-state index contributed by atoms with van der Waals surface area (Å²) in [6.07, 6.45) is 1.13. The molecule has 1 aromatic rings. The zero-order valence-electron chi connectivity index (χ0n) is 11.5. The lowest BCUT2D eigenvalue weighted by molar-refractivity contribution is -0.132. The van der Waals surface area contributed by atoms with Gasteiger partial charge < -0.3 is 10.6 Å². The molecule has 19 heavy (non-hydrogen) atoms. The van der Waals surface area contributed by atoms with E-state index in [2.05, 4.69) is 0 Å². The molecule has 0 saturated heterocycles. The number of carbonyl (C=O) groups excluding carboxylic acids is 1. The van der Waals surface area contributed by atoms with Crippen molar-refractivity contribution in [3.8, 4) is 0 Å². The molecule has 0 saturated carbocycles. The molecule has 0 aliphatic heterocycles. The minimum atomic E-state index is -0.0923. The van der Waals surface area contributed by atoms with E-state index in [-0.39, 0.29) is 18.0 Å². The third-order valence-corrected chi connectivity index (χ3v) is 3.76. The number of hydrogen-bond donors (Lipinski definition) is 1. The third-order valence-electron chi connectivity index (χ3n) is 3.20. The van der Waals surface area contributed by atoms with Crippen LogP contribution in [0.4, 0.5) is 0 Å². The van der Waals surface area contributed by atoms with E-state index in [0.29, 0.717) is 22.9 Å². The van der Waals surface area contributed by atoms with Gasteiger partial charge in [0.25, 0.3) is 0 Å². The molecule has 1 amide bonds. The van der Waals surface area contributed by atoms with Gasteiger partial charge in [0.05, 0.1) is 6.04 Å². The molecule has 0 spiro atoms.